The van der Waals surface area contributed by atoms with Crippen molar-refractivity contribution >= 4 is 0 Å². The van der Waals surface area contributed by atoms with Crippen LogP contribution in [-0.4, -0.2) is 46.8 Å². The first-order chi connectivity index (χ1) is 9.72. The molecule has 2 heterocycles. The van der Waals surface area contributed by atoms with Crippen LogP contribution in [0.2, 0.25) is 0 Å². The predicted molar refractivity (Wildman–Crippen MR) is 89.5 cm³/mol. The van der Waals surface area contributed by atoms with Crippen molar-refractivity contribution in [1.82, 2.24) is 10.2 Å². The zero-order chi connectivity index (χ0) is 15.7. The second kappa shape index (κ2) is 6.55. The first-order valence-electron chi connectivity index (χ1n) is 8.91. The smallest absolute Gasteiger partial charge is 0.0570 e. The second-order valence-corrected chi connectivity index (χ2v) is 8.85. The average Bonchev–Trinajstić information content (AvgIpc) is 2.59. The number of hydrogen-bond acceptors (Lipinski definition) is 3. The van der Waals surface area contributed by atoms with Crippen molar-refractivity contribution in [2.45, 2.75) is 96.9 Å². The lowest BCUT2D eigenvalue weighted by Crippen LogP contribution is -2.52. The molecule has 0 aliphatic carbocycles. The van der Waals surface area contributed by atoms with E-state index < -0.39 is 0 Å². The molecular formula is C18H36N2O. The third kappa shape index (κ3) is 4.67. The number of rotatable bonds is 6. The van der Waals surface area contributed by atoms with E-state index in [1.54, 1.807) is 0 Å². The van der Waals surface area contributed by atoms with E-state index in [0.29, 0.717) is 17.5 Å². The molecule has 2 aliphatic rings. The van der Waals surface area contributed by atoms with Crippen LogP contribution in [0, 0.1) is 5.41 Å². The van der Waals surface area contributed by atoms with Gasteiger partial charge in [0.2, 0.25) is 0 Å². The monoisotopic (exact) mass is 296 g/mol. The molecule has 21 heavy (non-hydrogen) atoms. The second-order valence-electron chi connectivity index (χ2n) is 8.85. The van der Waals surface area contributed by atoms with Gasteiger partial charge in [-0.15, -0.1) is 0 Å². The van der Waals surface area contributed by atoms with Gasteiger partial charge in [-0.05, 0) is 58.3 Å². The van der Waals surface area contributed by atoms with E-state index in [1.165, 1.54) is 32.2 Å². The van der Waals surface area contributed by atoms with Crippen LogP contribution in [0.25, 0.3) is 0 Å². The van der Waals surface area contributed by atoms with Crippen molar-refractivity contribution in [3.63, 3.8) is 0 Å². The topological polar surface area (TPSA) is 35.5 Å². The van der Waals surface area contributed by atoms with E-state index in [0.717, 1.165) is 19.4 Å². The summed E-state index contributed by atoms with van der Waals surface area (Å²) in [4.78, 5) is 2.73. The van der Waals surface area contributed by atoms with E-state index in [4.69, 9.17) is 0 Å². The Balaban J connectivity index is 1.99. The first kappa shape index (κ1) is 17.2. The van der Waals surface area contributed by atoms with Crippen LogP contribution in [0.4, 0.5) is 0 Å². The standard InChI is InChI=1S/C18H36N2O/c1-6-9-18(5,12-19-17(2,3)4)13-20-14-7-8-15(20)11-16(21)10-14/h14-16,19,21H,6-13H2,1-5H3. The molecular weight excluding hydrogens is 260 g/mol. The molecule has 3 unspecified atom stereocenters. The van der Waals surface area contributed by atoms with Crippen LogP contribution >= 0.6 is 0 Å². The predicted octanol–water partition coefficient (Wildman–Crippen LogP) is 3.17. The quantitative estimate of drug-likeness (QED) is 0.790. The fraction of sp³-hybridized carbons (Fsp3) is 1.00. The molecule has 0 aromatic heterocycles. The van der Waals surface area contributed by atoms with Crippen molar-refractivity contribution in [1.29, 1.82) is 0 Å². The highest BCUT2D eigenvalue weighted by Gasteiger charge is 2.42. The number of hydrogen-bond donors (Lipinski definition) is 2. The summed E-state index contributed by atoms with van der Waals surface area (Å²) in [6, 6.07) is 1.26. The zero-order valence-electron chi connectivity index (χ0n) is 14.8. The maximum absolute atomic E-state index is 9.98. The van der Waals surface area contributed by atoms with Crippen LogP contribution in [-0.2, 0) is 0 Å². The van der Waals surface area contributed by atoms with Gasteiger partial charge in [0.05, 0.1) is 6.10 Å². The maximum Gasteiger partial charge on any atom is 0.0570 e. The van der Waals surface area contributed by atoms with Gasteiger partial charge in [-0.2, -0.15) is 0 Å². The molecule has 2 saturated heterocycles. The van der Waals surface area contributed by atoms with Crippen molar-refractivity contribution in [2.75, 3.05) is 13.1 Å². The molecule has 2 fully saturated rings. The number of aliphatic hydroxyl groups excluding tert-OH is 1. The Morgan fingerprint density at radius 1 is 1.10 bits per heavy atom. The SMILES string of the molecule is CCCC(C)(CNC(C)(C)C)CN1C2CCC1CC(O)C2. The normalized spacial score (nSPS) is 33.1. The van der Waals surface area contributed by atoms with Crippen molar-refractivity contribution in [2.24, 2.45) is 5.41 Å². The lowest BCUT2D eigenvalue weighted by molar-refractivity contribution is 0.00976. The van der Waals surface area contributed by atoms with Crippen LogP contribution in [0.15, 0.2) is 0 Å². The maximum atomic E-state index is 9.98. The highest BCUT2D eigenvalue weighted by molar-refractivity contribution is 4.98. The number of nitrogens with one attached hydrogen (secondary N) is 1. The summed E-state index contributed by atoms with van der Waals surface area (Å²) >= 11 is 0. The Kier molecular flexibility index (Phi) is 5.38. The number of piperidine rings is 1. The minimum absolute atomic E-state index is 0.0520. The molecule has 0 amide bonds. The van der Waals surface area contributed by atoms with Gasteiger partial charge in [0.25, 0.3) is 0 Å². The van der Waals surface area contributed by atoms with Gasteiger partial charge in [-0.3, -0.25) is 4.90 Å². The molecule has 2 aliphatic heterocycles. The number of aliphatic hydroxyl groups is 1. The summed E-state index contributed by atoms with van der Waals surface area (Å²) in [6.07, 6.45) is 7.02. The summed E-state index contributed by atoms with van der Waals surface area (Å²) in [5.41, 5.74) is 0.525. The molecule has 0 saturated carbocycles. The van der Waals surface area contributed by atoms with Crippen LogP contribution in [0.3, 0.4) is 0 Å². The lowest BCUT2D eigenvalue weighted by Gasteiger charge is -2.44. The Morgan fingerprint density at radius 3 is 2.14 bits per heavy atom. The summed E-state index contributed by atoms with van der Waals surface area (Å²) in [5, 5.41) is 13.7. The summed E-state index contributed by atoms with van der Waals surface area (Å²) in [7, 11) is 0. The van der Waals surface area contributed by atoms with Crippen LogP contribution in [0.1, 0.15) is 73.1 Å². The molecule has 3 atom stereocenters. The largest absolute Gasteiger partial charge is 0.393 e. The minimum atomic E-state index is -0.0520. The number of nitrogens with zero attached hydrogens (tertiary/aromatic N) is 1. The van der Waals surface area contributed by atoms with Crippen LogP contribution in [0.5, 0.6) is 0 Å². The summed E-state index contributed by atoms with van der Waals surface area (Å²) < 4.78 is 0. The molecule has 2 bridgehead atoms. The first-order valence-corrected chi connectivity index (χ1v) is 8.91. The Bertz CT molecular complexity index is 325. The molecule has 124 valence electrons. The highest BCUT2D eigenvalue weighted by atomic mass is 16.3. The molecule has 0 aromatic rings. The Hall–Kier alpha value is -0.120. The molecule has 0 radical (unpaired) electrons. The fourth-order valence-electron chi connectivity index (χ4n) is 4.25. The molecule has 3 heteroatoms. The van der Waals surface area contributed by atoms with Gasteiger partial charge in [0.1, 0.15) is 0 Å². The fourth-order valence-corrected chi connectivity index (χ4v) is 4.25. The minimum Gasteiger partial charge on any atom is -0.393 e. The summed E-state index contributed by atoms with van der Waals surface area (Å²) in [5.74, 6) is 0. The van der Waals surface area contributed by atoms with E-state index in [-0.39, 0.29) is 11.6 Å². The molecule has 0 spiro atoms. The molecule has 0 aromatic carbocycles. The van der Waals surface area contributed by atoms with E-state index in [2.05, 4.69) is 44.8 Å². The van der Waals surface area contributed by atoms with Crippen molar-refractivity contribution < 1.29 is 5.11 Å². The van der Waals surface area contributed by atoms with Gasteiger partial charge in [0, 0.05) is 30.7 Å². The van der Waals surface area contributed by atoms with Gasteiger partial charge in [-0.25, -0.2) is 0 Å². The zero-order valence-corrected chi connectivity index (χ0v) is 14.8. The Labute approximate surface area is 131 Å². The third-order valence-electron chi connectivity index (χ3n) is 5.32. The van der Waals surface area contributed by atoms with E-state index in [9.17, 15) is 5.11 Å². The Morgan fingerprint density at radius 2 is 1.67 bits per heavy atom. The molecule has 3 nitrogen and oxygen atoms in total. The van der Waals surface area contributed by atoms with Gasteiger partial charge >= 0.3 is 0 Å². The van der Waals surface area contributed by atoms with Crippen molar-refractivity contribution in [3.05, 3.63) is 0 Å². The number of fused-ring (bicyclic) bond motifs is 2. The van der Waals surface area contributed by atoms with E-state index >= 15 is 0 Å². The van der Waals surface area contributed by atoms with Gasteiger partial charge < -0.3 is 10.4 Å². The van der Waals surface area contributed by atoms with Crippen LogP contribution < -0.4 is 5.32 Å². The van der Waals surface area contributed by atoms with E-state index in [1.807, 2.05) is 0 Å². The molecule has 2 rings (SSSR count). The molecule has 2 N–H and O–H groups in total. The van der Waals surface area contributed by atoms with Crippen molar-refractivity contribution in [3.8, 4) is 0 Å². The van der Waals surface area contributed by atoms with Gasteiger partial charge in [0.15, 0.2) is 0 Å². The summed E-state index contributed by atoms with van der Waals surface area (Å²) in [6.45, 7) is 13.8. The third-order valence-corrected chi connectivity index (χ3v) is 5.32. The highest BCUT2D eigenvalue weighted by Crippen LogP contribution is 2.38. The van der Waals surface area contributed by atoms with Gasteiger partial charge in [-0.1, -0.05) is 20.3 Å². The lowest BCUT2D eigenvalue weighted by atomic mass is 9.82. The average molecular weight is 296 g/mol.